The molecule has 248 valence electrons. The third-order valence-corrected chi connectivity index (χ3v) is 9.28. The molecular weight excluding hydrogens is 734 g/mol. The monoisotopic (exact) mass is 806 g/mol. The van der Waals surface area contributed by atoms with Crippen LogP contribution < -0.4 is 0 Å². The molecule has 0 amide bonds. The van der Waals surface area contributed by atoms with Crippen LogP contribution in [0.15, 0.2) is 0 Å². The van der Waals surface area contributed by atoms with E-state index in [1.807, 2.05) is 0 Å². The second-order valence-electron chi connectivity index (χ2n) is 14.2. The predicted octanol–water partition coefficient (Wildman–Crippen LogP) is 12.7. The average Bonchev–Trinajstić information content (AvgIpc) is 2.83. The van der Waals surface area contributed by atoms with E-state index in [2.05, 4.69) is 114 Å². The minimum absolute atomic E-state index is 0.147. The van der Waals surface area contributed by atoms with Gasteiger partial charge in [-0.15, -0.1) is 0 Å². The van der Waals surface area contributed by atoms with Gasteiger partial charge in [-0.1, -0.05) is 127 Å². The van der Waals surface area contributed by atoms with Crippen molar-refractivity contribution < 1.29 is 14.2 Å². The van der Waals surface area contributed by atoms with Gasteiger partial charge in [-0.25, -0.2) is 0 Å². The van der Waals surface area contributed by atoms with E-state index in [-0.39, 0.29) is 12.6 Å². The van der Waals surface area contributed by atoms with E-state index in [0.29, 0.717) is 0 Å². The molecule has 0 aromatic heterocycles. The molecule has 0 aromatic carbocycles. The molecular formula is C36H72I2O3. The van der Waals surface area contributed by atoms with Crippen molar-refractivity contribution in [1.29, 1.82) is 0 Å². The zero-order chi connectivity index (χ0) is 31.2. The summed E-state index contributed by atoms with van der Waals surface area (Å²) in [6.45, 7) is 25.2. The van der Waals surface area contributed by atoms with Crippen LogP contribution in [0, 0.1) is 35.5 Å². The summed E-state index contributed by atoms with van der Waals surface area (Å²) in [4.78, 5) is 0. The molecule has 0 saturated heterocycles. The zero-order valence-electron chi connectivity index (χ0n) is 29.1. The van der Waals surface area contributed by atoms with Crippen molar-refractivity contribution in [2.75, 3.05) is 13.2 Å². The van der Waals surface area contributed by atoms with Crippen LogP contribution in [0.25, 0.3) is 0 Å². The number of halogens is 2. The Hall–Kier alpha value is 1.34. The molecule has 0 fully saturated rings. The van der Waals surface area contributed by atoms with Gasteiger partial charge in [0.25, 0.3) is 0 Å². The first-order valence-corrected chi connectivity index (χ1v) is 20.0. The van der Waals surface area contributed by atoms with Crippen molar-refractivity contribution in [2.45, 2.75) is 180 Å². The molecule has 0 aliphatic heterocycles. The standard InChI is InChI=1S/C36H72I2O3/c1-11-19-39-35(17-13-15-27(3)21-29(5)23-31(7)25-33(9)37)41-36(40-20-12-2)18-14-16-28(4)22-30(6)24-32(8)26-34(10)38/h27-36H,11-26H2,1-10H3. The van der Waals surface area contributed by atoms with E-state index in [1.165, 1.54) is 51.4 Å². The normalized spacial score (nSPS) is 19.6. The van der Waals surface area contributed by atoms with E-state index in [0.717, 1.165) is 95.1 Å². The molecule has 0 radical (unpaired) electrons. The number of rotatable bonds is 28. The van der Waals surface area contributed by atoms with Gasteiger partial charge in [-0.2, -0.15) is 0 Å². The molecule has 41 heavy (non-hydrogen) atoms. The van der Waals surface area contributed by atoms with E-state index in [1.54, 1.807) is 0 Å². The van der Waals surface area contributed by atoms with Gasteiger partial charge in [0.05, 0.1) is 0 Å². The van der Waals surface area contributed by atoms with Crippen molar-refractivity contribution in [3.8, 4) is 0 Å². The molecule has 0 N–H and O–H groups in total. The van der Waals surface area contributed by atoms with Crippen LogP contribution in [0.1, 0.15) is 159 Å². The van der Waals surface area contributed by atoms with Gasteiger partial charge in [0.15, 0.2) is 12.6 Å². The maximum absolute atomic E-state index is 6.51. The Morgan fingerprint density at radius 2 is 0.756 bits per heavy atom. The average molecular weight is 807 g/mol. The molecule has 0 aromatic rings. The van der Waals surface area contributed by atoms with Crippen LogP contribution in [0.3, 0.4) is 0 Å². The van der Waals surface area contributed by atoms with Crippen LogP contribution in [-0.4, -0.2) is 33.6 Å². The van der Waals surface area contributed by atoms with Crippen molar-refractivity contribution >= 4 is 45.2 Å². The Morgan fingerprint density at radius 3 is 1.07 bits per heavy atom. The Morgan fingerprint density at radius 1 is 0.439 bits per heavy atom. The van der Waals surface area contributed by atoms with Gasteiger partial charge in [0.2, 0.25) is 0 Å². The lowest BCUT2D eigenvalue weighted by molar-refractivity contribution is -0.250. The summed E-state index contributed by atoms with van der Waals surface area (Å²) in [6, 6.07) is 0. The van der Waals surface area contributed by atoms with Crippen LogP contribution in [0.2, 0.25) is 0 Å². The Bertz CT molecular complexity index is 525. The lowest BCUT2D eigenvalue weighted by Crippen LogP contribution is -2.28. The molecule has 0 bridgehead atoms. The second-order valence-corrected chi connectivity index (χ2v) is 18.5. The summed E-state index contributed by atoms with van der Waals surface area (Å²) in [5.41, 5.74) is 0. The highest BCUT2D eigenvalue weighted by Gasteiger charge is 2.20. The van der Waals surface area contributed by atoms with Crippen molar-refractivity contribution in [3.63, 3.8) is 0 Å². The van der Waals surface area contributed by atoms with E-state index < -0.39 is 0 Å². The molecule has 0 heterocycles. The fourth-order valence-corrected chi connectivity index (χ4v) is 8.53. The first-order valence-electron chi connectivity index (χ1n) is 17.5. The third-order valence-electron chi connectivity index (χ3n) is 8.27. The summed E-state index contributed by atoms with van der Waals surface area (Å²) >= 11 is 5.13. The molecule has 5 heteroatoms. The lowest BCUT2D eigenvalue weighted by Gasteiger charge is -2.27. The van der Waals surface area contributed by atoms with E-state index in [4.69, 9.17) is 14.2 Å². The molecule has 0 aliphatic rings. The van der Waals surface area contributed by atoms with Gasteiger partial charge >= 0.3 is 0 Å². The first kappa shape index (κ1) is 42.3. The SMILES string of the molecule is CCCOC(CCCC(C)CC(C)CC(C)CC(C)I)OC(CCCC(C)CC(C)CC(C)CC(C)I)OCCC. The molecule has 3 nitrogen and oxygen atoms in total. The number of hydrogen-bond acceptors (Lipinski definition) is 3. The summed E-state index contributed by atoms with van der Waals surface area (Å²) in [5.74, 6) is 4.77. The summed E-state index contributed by atoms with van der Waals surface area (Å²) in [7, 11) is 0. The fraction of sp³-hybridized carbons (Fsp3) is 1.00. The van der Waals surface area contributed by atoms with Crippen molar-refractivity contribution in [3.05, 3.63) is 0 Å². The lowest BCUT2D eigenvalue weighted by atomic mass is 9.86. The first-order chi connectivity index (χ1) is 19.4. The zero-order valence-corrected chi connectivity index (χ0v) is 33.4. The number of hydrogen-bond donors (Lipinski definition) is 0. The maximum atomic E-state index is 6.51. The van der Waals surface area contributed by atoms with Gasteiger partial charge in [0, 0.05) is 21.1 Å². The van der Waals surface area contributed by atoms with Gasteiger partial charge < -0.3 is 14.2 Å². The maximum Gasteiger partial charge on any atom is 0.160 e. The minimum atomic E-state index is -0.147. The highest BCUT2D eigenvalue weighted by molar-refractivity contribution is 14.1. The van der Waals surface area contributed by atoms with Crippen molar-refractivity contribution in [1.82, 2.24) is 0 Å². The number of alkyl halides is 2. The van der Waals surface area contributed by atoms with Crippen LogP contribution in [-0.2, 0) is 14.2 Å². The Kier molecular flexibility index (Phi) is 27.4. The largest absolute Gasteiger partial charge is 0.353 e. The van der Waals surface area contributed by atoms with Gasteiger partial charge in [0.1, 0.15) is 0 Å². The minimum Gasteiger partial charge on any atom is -0.353 e. The van der Waals surface area contributed by atoms with Gasteiger partial charge in [-0.3, -0.25) is 0 Å². The summed E-state index contributed by atoms with van der Waals surface area (Å²) < 4.78 is 20.5. The third kappa shape index (κ3) is 26.3. The molecule has 0 spiro atoms. The Labute approximate surface area is 285 Å². The smallest absolute Gasteiger partial charge is 0.160 e. The van der Waals surface area contributed by atoms with Crippen LogP contribution in [0.4, 0.5) is 0 Å². The van der Waals surface area contributed by atoms with E-state index in [9.17, 15) is 0 Å². The highest BCUT2D eigenvalue weighted by atomic mass is 127. The molecule has 10 atom stereocenters. The molecule has 0 saturated carbocycles. The summed E-state index contributed by atoms with van der Waals surface area (Å²) in [6.07, 6.45) is 16.6. The van der Waals surface area contributed by atoms with Crippen molar-refractivity contribution in [2.24, 2.45) is 35.5 Å². The quantitative estimate of drug-likeness (QED) is 0.0448. The fourth-order valence-electron chi connectivity index (χ4n) is 6.79. The predicted molar refractivity (Wildman–Crippen MR) is 198 cm³/mol. The van der Waals surface area contributed by atoms with Gasteiger partial charge in [-0.05, 0) is 113 Å². The van der Waals surface area contributed by atoms with E-state index >= 15 is 0 Å². The topological polar surface area (TPSA) is 27.7 Å². The Balaban J connectivity index is 4.66. The van der Waals surface area contributed by atoms with Crippen LogP contribution >= 0.6 is 45.2 Å². The molecule has 0 aliphatic carbocycles. The molecule has 0 rings (SSSR count). The summed E-state index contributed by atoms with van der Waals surface area (Å²) in [5, 5.41) is 0. The molecule has 10 unspecified atom stereocenters. The second kappa shape index (κ2) is 26.5. The highest BCUT2D eigenvalue weighted by Crippen LogP contribution is 2.28. The number of ether oxygens (including phenoxy) is 3. The van der Waals surface area contributed by atoms with Crippen LogP contribution in [0.5, 0.6) is 0 Å².